The smallest absolute Gasteiger partial charge is 0.295 e. The van der Waals surface area contributed by atoms with Gasteiger partial charge in [0.1, 0.15) is 11.5 Å². The Hall–Kier alpha value is -3.15. The third kappa shape index (κ3) is 3.50. The van der Waals surface area contributed by atoms with Gasteiger partial charge < -0.3 is 14.7 Å². The number of carbonyl (C=O) groups excluding carboxylic acids is 2. The zero-order valence-corrected chi connectivity index (χ0v) is 16.4. The van der Waals surface area contributed by atoms with Gasteiger partial charge in [0.05, 0.1) is 18.2 Å². The molecular weight excluding hydrogens is 368 g/mol. The first-order valence-corrected chi connectivity index (χ1v) is 10.0. The number of pyridine rings is 1. The van der Waals surface area contributed by atoms with E-state index in [0.29, 0.717) is 17.9 Å². The summed E-state index contributed by atoms with van der Waals surface area (Å²) in [5.41, 5.74) is 1.29. The SMILES string of the molecule is CCOc1cccc(/C(O)=C2/C(=O)C(=O)N(C3CCCC3)C2c2cccnc2)c1. The maximum atomic E-state index is 13.0. The van der Waals surface area contributed by atoms with Crippen molar-refractivity contribution in [1.82, 2.24) is 9.88 Å². The van der Waals surface area contributed by atoms with Crippen LogP contribution in [0, 0.1) is 0 Å². The quantitative estimate of drug-likeness (QED) is 0.475. The van der Waals surface area contributed by atoms with Crippen LogP contribution >= 0.6 is 0 Å². The van der Waals surface area contributed by atoms with Crippen LogP contribution in [0.2, 0.25) is 0 Å². The van der Waals surface area contributed by atoms with Crippen molar-refractivity contribution < 1.29 is 19.4 Å². The van der Waals surface area contributed by atoms with Crippen LogP contribution in [0.25, 0.3) is 5.76 Å². The summed E-state index contributed by atoms with van der Waals surface area (Å²) in [6, 6.07) is 9.92. The summed E-state index contributed by atoms with van der Waals surface area (Å²) in [4.78, 5) is 31.8. The van der Waals surface area contributed by atoms with Crippen LogP contribution in [-0.4, -0.2) is 39.3 Å². The van der Waals surface area contributed by atoms with Gasteiger partial charge in [0.25, 0.3) is 11.7 Å². The molecule has 0 radical (unpaired) electrons. The maximum Gasteiger partial charge on any atom is 0.295 e. The van der Waals surface area contributed by atoms with Crippen molar-refractivity contribution in [2.24, 2.45) is 0 Å². The van der Waals surface area contributed by atoms with Crippen LogP contribution in [0.4, 0.5) is 0 Å². The molecule has 6 heteroatoms. The zero-order chi connectivity index (χ0) is 20.4. The molecule has 1 amide bonds. The van der Waals surface area contributed by atoms with Crippen LogP contribution in [0.5, 0.6) is 5.75 Å². The average molecular weight is 392 g/mol. The molecule has 0 spiro atoms. The summed E-state index contributed by atoms with van der Waals surface area (Å²) in [6.45, 7) is 2.37. The highest BCUT2D eigenvalue weighted by Crippen LogP contribution is 2.43. The summed E-state index contributed by atoms with van der Waals surface area (Å²) in [7, 11) is 0. The van der Waals surface area contributed by atoms with Crippen LogP contribution < -0.4 is 4.74 Å². The molecule has 1 aromatic carbocycles. The third-order valence-corrected chi connectivity index (χ3v) is 5.62. The fraction of sp³-hybridized carbons (Fsp3) is 0.348. The van der Waals surface area contributed by atoms with Gasteiger partial charge in [-0.15, -0.1) is 0 Å². The highest BCUT2D eigenvalue weighted by Gasteiger charge is 2.49. The van der Waals surface area contributed by atoms with E-state index in [2.05, 4.69) is 4.98 Å². The largest absolute Gasteiger partial charge is 0.507 e. The normalized spacial score (nSPS) is 21.7. The highest BCUT2D eigenvalue weighted by atomic mass is 16.5. The van der Waals surface area contributed by atoms with E-state index < -0.39 is 17.7 Å². The first kappa shape index (κ1) is 19.2. The summed E-state index contributed by atoms with van der Waals surface area (Å²) in [5, 5.41) is 11.1. The lowest BCUT2D eigenvalue weighted by Crippen LogP contribution is -2.37. The summed E-state index contributed by atoms with van der Waals surface area (Å²) < 4.78 is 5.52. The Morgan fingerprint density at radius 3 is 2.69 bits per heavy atom. The van der Waals surface area contributed by atoms with Gasteiger partial charge in [0.15, 0.2) is 0 Å². The second kappa shape index (κ2) is 8.07. The number of aliphatic hydroxyl groups excluding tert-OH is 1. The number of amides is 1. The Morgan fingerprint density at radius 2 is 2.00 bits per heavy atom. The fourth-order valence-corrected chi connectivity index (χ4v) is 4.33. The topological polar surface area (TPSA) is 79.7 Å². The lowest BCUT2D eigenvalue weighted by molar-refractivity contribution is -0.141. The number of ketones is 1. The first-order chi connectivity index (χ1) is 14.1. The molecule has 1 aliphatic carbocycles. The van der Waals surface area contributed by atoms with Crippen molar-refractivity contribution in [1.29, 1.82) is 0 Å². The van der Waals surface area contributed by atoms with E-state index in [4.69, 9.17) is 4.74 Å². The first-order valence-electron chi connectivity index (χ1n) is 10.0. The van der Waals surface area contributed by atoms with Crippen LogP contribution in [0.3, 0.4) is 0 Å². The molecule has 1 aliphatic heterocycles. The van der Waals surface area contributed by atoms with E-state index in [9.17, 15) is 14.7 Å². The number of likely N-dealkylation sites (tertiary alicyclic amines) is 1. The Bertz CT molecular complexity index is 948. The average Bonchev–Trinajstić information content (AvgIpc) is 3.36. The van der Waals surface area contributed by atoms with Crippen molar-refractivity contribution >= 4 is 17.4 Å². The third-order valence-electron chi connectivity index (χ3n) is 5.62. The van der Waals surface area contributed by atoms with Gasteiger partial charge in [0, 0.05) is 24.0 Å². The van der Waals surface area contributed by atoms with Gasteiger partial charge in [-0.2, -0.15) is 0 Å². The number of hydrogen-bond donors (Lipinski definition) is 1. The van der Waals surface area contributed by atoms with Crippen LogP contribution in [0.15, 0.2) is 54.4 Å². The minimum absolute atomic E-state index is 0.00304. The molecule has 1 unspecified atom stereocenters. The van der Waals surface area contributed by atoms with Gasteiger partial charge >= 0.3 is 0 Å². The van der Waals surface area contributed by atoms with Gasteiger partial charge in [-0.1, -0.05) is 31.0 Å². The summed E-state index contributed by atoms with van der Waals surface area (Å²) in [6.07, 6.45) is 7.10. The molecule has 1 saturated carbocycles. The number of aromatic nitrogens is 1. The predicted molar refractivity (Wildman–Crippen MR) is 108 cm³/mol. The highest BCUT2D eigenvalue weighted by molar-refractivity contribution is 6.46. The minimum atomic E-state index is -0.648. The molecule has 2 fully saturated rings. The van der Waals surface area contributed by atoms with E-state index in [0.717, 1.165) is 31.2 Å². The molecule has 1 N–H and O–H groups in total. The number of carbonyl (C=O) groups is 2. The van der Waals surface area contributed by atoms with Gasteiger partial charge in [-0.05, 0) is 43.5 Å². The second-order valence-corrected chi connectivity index (χ2v) is 7.39. The van der Waals surface area contributed by atoms with Crippen molar-refractivity contribution in [3.8, 4) is 5.75 Å². The van der Waals surface area contributed by atoms with Crippen molar-refractivity contribution in [3.05, 3.63) is 65.5 Å². The van der Waals surface area contributed by atoms with Crippen molar-refractivity contribution in [3.63, 3.8) is 0 Å². The van der Waals surface area contributed by atoms with E-state index in [1.54, 1.807) is 47.6 Å². The Labute approximate surface area is 169 Å². The Morgan fingerprint density at radius 1 is 1.21 bits per heavy atom. The number of rotatable bonds is 5. The van der Waals surface area contributed by atoms with Gasteiger partial charge in [-0.25, -0.2) is 0 Å². The number of aliphatic hydroxyl groups is 1. The van der Waals surface area contributed by atoms with Crippen molar-refractivity contribution in [2.75, 3.05) is 6.61 Å². The molecule has 150 valence electrons. The molecule has 4 rings (SSSR count). The van der Waals surface area contributed by atoms with E-state index in [1.165, 1.54) is 0 Å². The number of benzene rings is 1. The monoisotopic (exact) mass is 392 g/mol. The van der Waals surface area contributed by atoms with Gasteiger partial charge in [0.2, 0.25) is 0 Å². The molecule has 29 heavy (non-hydrogen) atoms. The van der Waals surface area contributed by atoms with E-state index in [-0.39, 0.29) is 17.4 Å². The molecule has 2 aliphatic rings. The molecule has 6 nitrogen and oxygen atoms in total. The van der Waals surface area contributed by atoms with Crippen LogP contribution in [0.1, 0.15) is 49.8 Å². The Kier molecular flexibility index (Phi) is 5.34. The summed E-state index contributed by atoms with van der Waals surface area (Å²) in [5.74, 6) is -0.780. The number of Topliss-reactive ketones (excluding diaryl/α,β-unsaturated/α-hetero) is 1. The van der Waals surface area contributed by atoms with E-state index in [1.807, 2.05) is 13.0 Å². The maximum absolute atomic E-state index is 13.0. The lowest BCUT2D eigenvalue weighted by Gasteiger charge is -2.30. The number of ether oxygens (including phenoxy) is 1. The molecular formula is C23H24N2O4. The lowest BCUT2D eigenvalue weighted by atomic mass is 9.95. The van der Waals surface area contributed by atoms with Crippen molar-refractivity contribution in [2.45, 2.75) is 44.7 Å². The van der Waals surface area contributed by atoms with E-state index >= 15 is 0 Å². The standard InChI is InChI=1S/C23H24N2O4/c1-2-29-18-11-5-7-15(13-18)21(26)19-20(16-8-6-12-24-14-16)25(23(28)22(19)27)17-9-3-4-10-17/h5-8,11-14,17,20,26H,2-4,9-10H2,1H3/b21-19-. The number of hydrogen-bond acceptors (Lipinski definition) is 5. The Balaban J connectivity index is 1.85. The fourth-order valence-electron chi connectivity index (χ4n) is 4.33. The molecule has 1 saturated heterocycles. The summed E-state index contributed by atoms with van der Waals surface area (Å²) >= 11 is 0. The molecule has 0 bridgehead atoms. The molecule has 2 aromatic rings. The predicted octanol–water partition coefficient (Wildman–Crippen LogP) is 3.84. The zero-order valence-electron chi connectivity index (χ0n) is 16.4. The number of nitrogens with zero attached hydrogens (tertiary/aromatic N) is 2. The minimum Gasteiger partial charge on any atom is -0.507 e. The van der Waals surface area contributed by atoms with Gasteiger partial charge in [-0.3, -0.25) is 14.6 Å². The molecule has 2 heterocycles. The molecule has 1 aromatic heterocycles. The van der Waals surface area contributed by atoms with Crippen LogP contribution in [-0.2, 0) is 9.59 Å². The molecule has 1 atom stereocenters. The second-order valence-electron chi connectivity index (χ2n) is 7.39.